The molecule has 2 aromatic heterocycles. The molecule has 2 aromatic carbocycles. The Morgan fingerprint density at radius 2 is 1.92 bits per heavy atom. The number of nitrogens with zero attached hydrogens (tertiary/aromatic N) is 2. The fraction of sp³-hybridized carbons (Fsp3) is 0.158. The number of benzene rings is 2. The molecule has 25 heavy (non-hydrogen) atoms. The first-order chi connectivity index (χ1) is 12.1. The van der Waals surface area contributed by atoms with E-state index in [-0.39, 0.29) is 5.56 Å². The molecule has 0 fully saturated rings. The summed E-state index contributed by atoms with van der Waals surface area (Å²) < 4.78 is 12.9. The zero-order chi connectivity index (χ0) is 17.6. The third-order valence-electron chi connectivity index (χ3n) is 4.17. The minimum absolute atomic E-state index is 0.0495. The van der Waals surface area contributed by atoms with E-state index in [1.165, 1.54) is 11.3 Å². The van der Waals surface area contributed by atoms with Gasteiger partial charge in [-0.1, -0.05) is 29.5 Å². The van der Waals surface area contributed by atoms with Crippen molar-refractivity contribution in [3.05, 3.63) is 62.4 Å². The summed E-state index contributed by atoms with van der Waals surface area (Å²) in [7, 11) is 3.19. The van der Waals surface area contributed by atoms with E-state index in [0.29, 0.717) is 21.0 Å². The van der Waals surface area contributed by atoms with Crippen molar-refractivity contribution in [1.29, 1.82) is 0 Å². The minimum Gasteiger partial charge on any atom is -0.493 e. The lowest BCUT2D eigenvalue weighted by atomic mass is 10.2. The molecule has 0 amide bonds. The van der Waals surface area contributed by atoms with Crippen LogP contribution in [0.4, 0.5) is 0 Å². The van der Waals surface area contributed by atoms with Crippen LogP contribution in [0.25, 0.3) is 22.1 Å². The Bertz CT molecular complexity index is 1210. The van der Waals surface area contributed by atoms with Crippen LogP contribution in [0.3, 0.4) is 0 Å². The molecule has 0 unspecified atom stereocenters. The summed E-state index contributed by atoms with van der Waals surface area (Å²) in [6.45, 7) is 1.99. The molecule has 0 bridgehead atoms. The van der Waals surface area contributed by atoms with Crippen LogP contribution in [0.2, 0.25) is 0 Å². The highest BCUT2D eigenvalue weighted by molar-refractivity contribution is 7.15. The lowest BCUT2D eigenvalue weighted by Gasteiger charge is -2.07. The zero-order valence-electron chi connectivity index (χ0n) is 14.1. The number of methoxy groups -OCH3 is 2. The Labute approximate surface area is 147 Å². The van der Waals surface area contributed by atoms with Crippen LogP contribution < -0.4 is 19.6 Å². The van der Waals surface area contributed by atoms with Gasteiger partial charge in [0, 0.05) is 0 Å². The molecular weight excluding hydrogens is 336 g/mol. The lowest BCUT2D eigenvalue weighted by molar-refractivity contribution is 0.355. The van der Waals surface area contributed by atoms with Gasteiger partial charge in [-0.05, 0) is 42.3 Å². The molecule has 0 saturated heterocycles. The summed E-state index contributed by atoms with van der Waals surface area (Å²) >= 11 is 1.39. The summed E-state index contributed by atoms with van der Waals surface area (Å²) in [6, 6.07) is 11.4. The molecule has 0 N–H and O–H groups in total. The van der Waals surface area contributed by atoms with Gasteiger partial charge in [0.1, 0.15) is 0 Å². The van der Waals surface area contributed by atoms with Gasteiger partial charge >= 0.3 is 0 Å². The summed E-state index contributed by atoms with van der Waals surface area (Å²) in [5.74, 6) is 1.29. The second-order valence-electron chi connectivity index (χ2n) is 5.70. The molecule has 0 aliphatic heterocycles. The first kappa shape index (κ1) is 15.7. The summed E-state index contributed by atoms with van der Waals surface area (Å²) in [5, 5.41) is 0. The van der Waals surface area contributed by atoms with E-state index in [1.807, 2.05) is 49.4 Å². The standard InChI is InChI=1S/C19H16N2O3S/c1-11-5-4-6-13-17(11)21-18(22)16(25-19(21)20-13)10-12-7-8-14(23-2)15(9-12)24-3/h4-10H,1-3H3/b16-10-. The van der Waals surface area contributed by atoms with Gasteiger partial charge in [0.15, 0.2) is 16.5 Å². The molecule has 0 aliphatic rings. The molecule has 4 aromatic rings. The predicted molar refractivity (Wildman–Crippen MR) is 99.9 cm³/mol. The maximum absolute atomic E-state index is 12.9. The first-order valence-electron chi connectivity index (χ1n) is 7.76. The van der Waals surface area contributed by atoms with Crippen LogP contribution in [0.15, 0.2) is 41.2 Å². The molecule has 0 atom stereocenters. The van der Waals surface area contributed by atoms with Gasteiger partial charge in [0.2, 0.25) is 0 Å². The Hall–Kier alpha value is -2.86. The number of thiazole rings is 1. The number of imidazole rings is 1. The van der Waals surface area contributed by atoms with Gasteiger partial charge < -0.3 is 9.47 Å². The average Bonchev–Trinajstić information content (AvgIpc) is 3.12. The maximum Gasteiger partial charge on any atom is 0.274 e. The number of rotatable bonds is 3. The Kier molecular flexibility index (Phi) is 3.69. The zero-order valence-corrected chi connectivity index (χ0v) is 14.9. The Balaban J connectivity index is 1.94. The number of fused-ring (bicyclic) bond motifs is 3. The summed E-state index contributed by atoms with van der Waals surface area (Å²) in [6.07, 6.45) is 1.85. The van der Waals surface area contributed by atoms with Crippen molar-refractivity contribution in [2.24, 2.45) is 0 Å². The van der Waals surface area contributed by atoms with Crippen molar-refractivity contribution >= 4 is 33.4 Å². The van der Waals surface area contributed by atoms with Gasteiger partial charge in [0.05, 0.1) is 29.8 Å². The lowest BCUT2D eigenvalue weighted by Crippen LogP contribution is -2.22. The highest BCUT2D eigenvalue weighted by Crippen LogP contribution is 2.27. The van der Waals surface area contributed by atoms with Gasteiger partial charge in [-0.15, -0.1) is 0 Å². The number of aryl methyl sites for hydroxylation is 1. The van der Waals surface area contributed by atoms with E-state index in [1.54, 1.807) is 18.6 Å². The van der Waals surface area contributed by atoms with E-state index < -0.39 is 0 Å². The average molecular weight is 352 g/mol. The fourth-order valence-corrected chi connectivity index (χ4v) is 3.95. The van der Waals surface area contributed by atoms with Crippen LogP contribution in [0.1, 0.15) is 11.1 Å². The highest BCUT2D eigenvalue weighted by atomic mass is 32.1. The molecule has 0 saturated carbocycles. The molecule has 126 valence electrons. The Morgan fingerprint density at radius 3 is 2.68 bits per heavy atom. The SMILES string of the molecule is COc1ccc(/C=c2\sc3nc4cccc(C)c4n3c2=O)cc1OC. The number of hydrogen-bond donors (Lipinski definition) is 0. The van der Waals surface area contributed by atoms with Crippen LogP contribution in [-0.2, 0) is 0 Å². The number of aromatic nitrogens is 2. The molecule has 2 heterocycles. The predicted octanol–water partition coefficient (Wildman–Crippen LogP) is 2.78. The van der Waals surface area contributed by atoms with E-state index in [2.05, 4.69) is 4.98 Å². The summed E-state index contributed by atoms with van der Waals surface area (Å²) in [4.78, 5) is 18.2. The van der Waals surface area contributed by atoms with Crippen molar-refractivity contribution in [3.63, 3.8) is 0 Å². The van der Waals surface area contributed by atoms with Crippen molar-refractivity contribution in [2.45, 2.75) is 6.92 Å². The second kappa shape index (κ2) is 5.89. The van der Waals surface area contributed by atoms with E-state index in [0.717, 1.165) is 22.2 Å². The smallest absolute Gasteiger partial charge is 0.274 e. The monoisotopic (exact) mass is 352 g/mol. The molecule has 0 radical (unpaired) electrons. The van der Waals surface area contributed by atoms with E-state index in [4.69, 9.17) is 9.47 Å². The molecule has 0 spiro atoms. The van der Waals surface area contributed by atoms with Gasteiger partial charge in [-0.25, -0.2) is 9.38 Å². The van der Waals surface area contributed by atoms with Gasteiger partial charge in [-0.2, -0.15) is 0 Å². The van der Waals surface area contributed by atoms with Crippen molar-refractivity contribution < 1.29 is 9.47 Å². The van der Waals surface area contributed by atoms with Crippen molar-refractivity contribution in [2.75, 3.05) is 14.2 Å². The number of hydrogen-bond acceptors (Lipinski definition) is 5. The van der Waals surface area contributed by atoms with Crippen LogP contribution in [-0.4, -0.2) is 23.6 Å². The first-order valence-corrected chi connectivity index (χ1v) is 8.58. The van der Waals surface area contributed by atoms with Crippen LogP contribution >= 0.6 is 11.3 Å². The quantitative estimate of drug-likeness (QED) is 0.569. The van der Waals surface area contributed by atoms with Crippen molar-refractivity contribution in [3.8, 4) is 11.5 Å². The van der Waals surface area contributed by atoms with Crippen molar-refractivity contribution in [1.82, 2.24) is 9.38 Å². The third kappa shape index (κ3) is 2.46. The Morgan fingerprint density at radius 1 is 1.12 bits per heavy atom. The minimum atomic E-state index is -0.0495. The molecule has 4 rings (SSSR count). The maximum atomic E-state index is 12.9. The van der Waals surface area contributed by atoms with Crippen LogP contribution in [0.5, 0.6) is 11.5 Å². The highest BCUT2D eigenvalue weighted by Gasteiger charge is 2.12. The third-order valence-corrected chi connectivity index (χ3v) is 5.14. The van der Waals surface area contributed by atoms with E-state index in [9.17, 15) is 4.79 Å². The number of ether oxygens (including phenoxy) is 2. The topological polar surface area (TPSA) is 52.8 Å². The fourth-order valence-electron chi connectivity index (χ4n) is 2.97. The largest absolute Gasteiger partial charge is 0.493 e. The normalized spacial score (nSPS) is 12.2. The molecular formula is C19H16N2O3S. The van der Waals surface area contributed by atoms with Crippen LogP contribution in [0, 0.1) is 6.92 Å². The van der Waals surface area contributed by atoms with Gasteiger partial charge in [0.25, 0.3) is 5.56 Å². The second-order valence-corrected chi connectivity index (χ2v) is 6.71. The van der Waals surface area contributed by atoms with Gasteiger partial charge in [-0.3, -0.25) is 4.79 Å². The molecule has 0 aliphatic carbocycles. The molecule has 5 nitrogen and oxygen atoms in total. The molecule has 6 heteroatoms. The summed E-state index contributed by atoms with van der Waals surface area (Å²) in [5.41, 5.74) is 3.59. The van der Waals surface area contributed by atoms with E-state index >= 15 is 0 Å². The number of para-hydroxylation sites is 1.